The van der Waals surface area contributed by atoms with Crippen molar-refractivity contribution >= 4 is 40.1 Å². The number of nitrogens with zero attached hydrogens (tertiary/aromatic N) is 4. The summed E-state index contributed by atoms with van der Waals surface area (Å²) in [5.74, 6) is 0. The van der Waals surface area contributed by atoms with E-state index in [1.165, 1.54) is 48.5 Å². The molecule has 276 valence electrons. The van der Waals surface area contributed by atoms with Crippen molar-refractivity contribution < 1.29 is 92.8 Å². The minimum atomic E-state index is -4.15. The molecule has 0 aromatic heterocycles. The van der Waals surface area contributed by atoms with E-state index in [9.17, 15) is 33.7 Å². The van der Waals surface area contributed by atoms with Crippen LogP contribution >= 0.6 is 0 Å². The van der Waals surface area contributed by atoms with E-state index < -0.39 is 40.1 Å². The summed E-state index contributed by atoms with van der Waals surface area (Å²) < 4.78 is 116. The van der Waals surface area contributed by atoms with Crippen LogP contribution in [0.1, 0.15) is 28.7 Å². The monoisotopic (exact) mass is 820 g/mol. The summed E-state index contributed by atoms with van der Waals surface area (Å²) >= 11 is 0. The van der Waals surface area contributed by atoms with Crippen LogP contribution in [0, 0.1) is 27.7 Å². The molecule has 4 aromatic carbocycles. The maximum atomic E-state index is 13.8. The standard InChI is InChI=1S/C35H42N4O8S4.2Na/c1-28-6-14-32(15-7-28)48(40,41)36-22-26-38(50(44,45)34-18-10-30(3)11-19-34)24-5-25-39(51(46,47)35-20-12-31(4)13-21-35)27-23-37-49(42,43)33-16-8-29(2)9-17-33;;/h6-21H,5,22-27H2,1-4H3;;/q-2;2*+1. The zero-order chi connectivity index (χ0) is 37.5. The van der Waals surface area contributed by atoms with E-state index in [0.29, 0.717) is 0 Å². The molecule has 0 N–H and O–H groups in total. The maximum Gasteiger partial charge on any atom is 1.00 e. The Balaban J connectivity index is 0.00000486. The zero-order valence-corrected chi connectivity index (χ0v) is 38.1. The fourth-order valence-electron chi connectivity index (χ4n) is 4.96. The van der Waals surface area contributed by atoms with Gasteiger partial charge in [-0.1, -0.05) is 70.8 Å². The fraction of sp³-hybridized carbons (Fsp3) is 0.314. The van der Waals surface area contributed by atoms with Gasteiger partial charge < -0.3 is 9.44 Å². The Morgan fingerprint density at radius 1 is 0.396 bits per heavy atom. The normalized spacial score (nSPS) is 12.3. The smallest absolute Gasteiger partial charge is 0.544 e. The van der Waals surface area contributed by atoms with E-state index in [0.717, 1.165) is 30.9 Å². The summed E-state index contributed by atoms with van der Waals surface area (Å²) in [6.07, 6.45) is -0.00833. The molecule has 0 heterocycles. The number of hydrogen-bond donors (Lipinski definition) is 0. The minimum absolute atomic E-state index is 0. The van der Waals surface area contributed by atoms with Gasteiger partial charge in [0.05, 0.1) is 9.79 Å². The largest absolute Gasteiger partial charge is 1.00 e. The molecule has 0 saturated heterocycles. The number of hydrogen-bond acceptors (Lipinski definition) is 8. The second-order valence-electron chi connectivity index (χ2n) is 12.1. The van der Waals surface area contributed by atoms with Crippen LogP contribution in [-0.2, 0) is 40.1 Å². The third kappa shape index (κ3) is 13.3. The van der Waals surface area contributed by atoms with Crippen molar-refractivity contribution in [2.75, 3.05) is 39.3 Å². The predicted molar refractivity (Wildman–Crippen MR) is 198 cm³/mol. The summed E-state index contributed by atoms with van der Waals surface area (Å²) in [5.41, 5.74) is 3.41. The van der Waals surface area contributed by atoms with Gasteiger partial charge in [-0.25, -0.2) is 33.7 Å². The van der Waals surface area contributed by atoms with Crippen LogP contribution in [0.5, 0.6) is 0 Å². The molecular weight excluding hydrogens is 779 g/mol. The molecule has 0 radical (unpaired) electrons. The minimum Gasteiger partial charge on any atom is -0.544 e. The molecule has 0 saturated carbocycles. The van der Waals surface area contributed by atoms with E-state index >= 15 is 0 Å². The molecule has 0 spiro atoms. The van der Waals surface area contributed by atoms with E-state index in [1.807, 2.05) is 27.7 Å². The molecular formula is C35H42N4Na2O8S4. The molecule has 0 atom stereocenters. The van der Waals surface area contributed by atoms with E-state index in [-0.39, 0.29) is 124 Å². The van der Waals surface area contributed by atoms with Crippen LogP contribution in [0.25, 0.3) is 9.44 Å². The van der Waals surface area contributed by atoms with E-state index in [4.69, 9.17) is 0 Å². The number of rotatable bonds is 18. The Morgan fingerprint density at radius 3 is 0.906 bits per heavy atom. The second kappa shape index (κ2) is 20.6. The molecule has 4 aromatic rings. The van der Waals surface area contributed by atoms with Crippen LogP contribution in [0.15, 0.2) is 117 Å². The first kappa shape index (κ1) is 47.7. The first-order valence-electron chi connectivity index (χ1n) is 16.1. The van der Waals surface area contributed by atoms with Gasteiger partial charge in [-0.3, -0.25) is 0 Å². The average Bonchev–Trinajstić information content (AvgIpc) is 3.07. The van der Waals surface area contributed by atoms with Gasteiger partial charge in [0.25, 0.3) is 0 Å². The third-order valence-electron chi connectivity index (χ3n) is 7.99. The molecule has 0 aliphatic rings. The van der Waals surface area contributed by atoms with Gasteiger partial charge >= 0.3 is 59.1 Å². The molecule has 18 heteroatoms. The van der Waals surface area contributed by atoms with Gasteiger partial charge in [-0.2, -0.15) is 8.61 Å². The number of aryl methyl sites for hydroxylation is 4. The molecule has 0 unspecified atom stereocenters. The van der Waals surface area contributed by atoms with Gasteiger partial charge in [-0.15, -0.1) is 13.1 Å². The molecule has 0 fully saturated rings. The van der Waals surface area contributed by atoms with Crippen LogP contribution in [0.3, 0.4) is 0 Å². The molecule has 0 aliphatic heterocycles. The summed E-state index contributed by atoms with van der Waals surface area (Å²) in [5, 5.41) is 0. The van der Waals surface area contributed by atoms with Crippen molar-refractivity contribution in [3.8, 4) is 0 Å². The Hall–Kier alpha value is -1.48. The van der Waals surface area contributed by atoms with E-state index in [2.05, 4.69) is 9.44 Å². The molecule has 0 bridgehead atoms. The Morgan fingerprint density at radius 2 is 0.642 bits per heavy atom. The molecule has 0 aliphatic carbocycles. The fourth-order valence-corrected chi connectivity index (χ4v) is 9.80. The van der Waals surface area contributed by atoms with Crippen LogP contribution in [0.2, 0.25) is 0 Å². The molecule has 12 nitrogen and oxygen atoms in total. The SMILES string of the molecule is Cc1ccc(S(=O)(=O)[N-]CCN(CCCN(CC[N-]S(=O)(=O)c2ccc(C)cc2)S(=O)(=O)c2ccc(C)cc2)S(=O)(=O)c2ccc(C)cc2)cc1.[Na+].[Na+]. The van der Waals surface area contributed by atoms with Crippen molar-refractivity contribution in [3.63, 3.8) is 0 Å². The molecule has 53 heavy (non-hydrogen) atoms. The van der Waals surface area contributed by atoms with Crippen molar-refractivity contribution in [1.82, 2.24) is 8.61 Å². The summed E-state index contributed by atoms with van der Waals surface area (Å²) in [6, 6.07) is 24.6. The Labute approximate surface area is 359 Å². The second-order valence-corrected chi connectivity index (χ2v) is 19.3. The third-order valence-corrected chi connectivity index (χ3v) is 14.6. The van der Waals surface area contributed by atoms with Gasteiger partial charge in [0, 0.05) is 22.9 Å². The first-order chi connectivity index (χ1) is 23.9. The van der Waals surface area contributed by atoms with Crippen molar-refractivity contribution in [3.05, 3.63) is 129 Å². The van der Waals surface area contributed by atoms with Gasteiger partial charge in [-0.05, 0) is 95.7 Å². The molecule has 0 amide bonds. The Bertz CT molecular complexity index is 2060. The first-order valence-corrected chi connectivity index (χ1v) is 21.8. The average molecular weight is 821 g/mol. The number of sulfonamides is 4. The predicted octanol–water partition coefficient (Wildman–Crippen LogP) is -0.475. The quantitative estimate of drug-likeness (QED) is 0.121. The van der Waals surface area contributed by atoms with Crippen molar-refractivity contribution in [2.45, 2.75) is 53.7 Å². The number of benzene rings is 4. The van der Waals surface area contributed by atoms with Crippen LogP contribution in [-0.4, -0.2) is 81.6 Å². The van der Waals surface area contributed by atoms with E-state index in [1.54, 1.807) is 48.5 Å². The maximum absolute atomic E-state index is 13.8. The van der Waals surface area contributed by atoms with Gasteiger partial charge in [0.15, 0.2) is 0 Å². The summed E-state index contributed by atoms with van der Waals surface area (Å²) in [7, 11) is -16.4. The van der Waals surface area contributed by atoms with Crippen molar-refractivity contribution in [2.24, 2.45) is 0 Å². The van der Waals surface area contributed by atoms with Crippen LogP contribution in [0.4, 0.5) is 0 Å². The zero-order valence-electron chi connectivity index (χ0n) is 30.9. The van der Waals surface area contributed by atoms with Crippen molar-refractivity contribution in [1.29, 1.82) is 0 Å². The van der Waals surface area contributed by atoms with Crippen LogP contribution < -0.4 is 59.1 Å². The Kier molecular flexibility index (Phi) is 18.5. The van der Waals surface area contributed by atoms with Gasteiger partial charge in [0.1, 0.15) is 20.0 Å². The topological polar surface area (TPSA) is 171 Å². The van der Waals surface area contributed by atoms with Gasteiger partial charge in [0.2, 0.25) is 20.0 Å². The summed E-state index contributed by atoms with van der Waals surface area (Å²) in [6.45, 7) is 5.54. The molecule has 4 rings (SSSR count). The summed E-state index contributed by atoms with van der Waals surface area (Å²) in [4.78, 5) is -0.0712.